The molecule has 4 aromatic rings. The number of nitrogens with zero attached hydrogens (tertiary/aromatic N) is 3. The van der Waals surface area contributed by atoms with Crippen LogP contribution in [-0.2, 0) is 11.3 Å². The van der Waals surface area contributed by atoms with Crippen LogP contribution < -0.4 is 4.74 Å². The molecule has 0 atom stereocenters. The fraction of sp³-hybridized carbons (Fsp3) is 0.227. The molecular weight excluding hydrogens is 418 g/mol. The van der Waals surface area contributed by atoms with Crippen LogP contribution in [-0.4, -0.2) is 47.5 Å². The third kappa shape index (κ3) is 3.99. The Kier molecular flexibility index (Phi) is 5.54. The molecule has 8 heteroatoms. The first-order valence-corrected chi connectivity index (χ1v) is 11.4. The van der Waals surface area contributed by atoms with Crippen molar-refractivity contribution in [3.05, 3.63) is 58.5 Å². The van der Waals surface area contributed by atoms with Crippen molar-refractivity contribution < 1.29 is 14.3 Å². The van der Waals surface area contributed by atoms with Crippen LogP contribution in [0.2, 0.25) is 0 Å². The number of carbonyl (C=O) groups excluding carboxylic acids is 1. The highest BCUT2D eigenvalue weighted by Gasteiger charge is 2.20. The zero-order chi connectivity index (χ0) is 20.3. The maximum atomic E-state index is 11.0. The van der Waals surface area contributed by atoms with Crippen molar-refractivity contribution >= 4 is 39.2 Å². The molecule has 1 fully saturated rings. The summed E-state index contributed by atoms with van der Waals surface area (Å²) in [7, 11) is 0. The Morgan fingerprint density at radius 3 is 2.67 bits per heavy atom. The monoisotopic (exact) mass is 437 g/mol. The maximum Gasteiger partial charge on any atom is 0.232 e. The zero-order valence-corrected chi connectivity index (χ0v) is 17.7. The van der Waals surface area contributed by atoms with Crippen LogP contribution in [0.15, 0.2) is 47.2 Å². The normalized spacial score (nSPS) is 14.8. The summed E-state index contributed by atoms with van der Waals surface area (Å²) in [5, 5.41) is 5.10. The third-order valence-corrected chi connectivity index (χ3v) is 6.71. The van der Waals surface area contributed by atoms with E-state index in [0.717, 1.165) is 59.1 Å². The molecule has 0 spiro atoms. The molecule has 1 saturated heterocycles. The van der Waals surface area contributed by atoms with Crippen molar-refractivity contribution in [3.63, 3.8) is 0 Å². The largest absolute Gasteiger partial charge is 0.438 e. The van der Waals surface area contributed by atoms with Gasteiger partial charge in [-0.2, -0.15) is 4.98 Å². The number of aldehydes is 1. The molecule has 3 aromatic heterocycles. The van der Waals surface area contributed by atoms with E-state index in [1.807, 2.05) is 6.07 Å². The van der Waals surface area contributed by atoms with E-state index in [1.165, 1.54) is 0 Å². The van der Waals surface area contributed by atoms with Crippen molar-refractivity contribution in [3.8, 4) is 22.1 Å². The summed E-state index contributed by atoms with van der Waals surface area (Å²) in [4.78, 5) is 25.0. The van der Waals surface area contributed by atoms with Gasteiger partial charge in [0.2, 0.25) is 5.88 Å². The maximum absolute atomic E-state index is 11.0. The van der Waals surface area contributed by atoms with Crippen LogP contribution >= 0.6 is 22.7 Å². The highest BCUT2D eigenvalue weighted by molar-refractivity contribution is 7.18. The van der Waals surface area contributed by atoms with Crippen LogP contribution in [0, 0.1) is 0 Å². The lowest BCUT2D eigenvalue weighted by atomic mass is 10.2. The summed E-state index contributed by atoms with van der Waals surface area (Å²) in [6.45, 7) is 3.86. The number of fused-ring (bicyclic) bond motifs is 1. The van der Waals surface area contributed by atoms with Gasteiger partial charge >= 0.3 is 0 Å². The Morgan fingerprint density at radius 2 is 1.93 bits per heavy atom. The molecule has 1 aromatic carbocycles. The Morgan fingerprint density at radius 1 is 1.10 bits per heavy atom. The number of ether oxygens (including phenoxy) is 2. The second kappa shape index (κ2) is 8.61. The van der Waals surface area contributed by atoms with E-state index >= 15 is 0 Å². The Hall–Kier alpha value is -2.65. The molecule has 6 nitrogen and oxygen atoms in total. The second-order valence-electron chi connectivity index (χ2n) is 6.93. The molecule has 0 unspecified atom stereocenters. The van der Waals surface area contributed by atoms with E-state index < -0.39 is 0 Å². The molecule has 0 radical (unpaired) electrons. The lowest BCUT2D eigenvalue weighted by molar-refractivity contribution is 0.0330. The summed E-state index contributed by atoms with van der Waals surface area (Å²) in [6.07, 6.45) is 0.820. The molecule has 30 heavy (non-hydrogen) atoms. The molecule has 5 rings (SSSR count). The Balaban J connectivity index is 1.56. The summed E-state index contributed by atoms with van der Waals surface area (Å²) >= 11 is 3.29. The number of hydrogen-bond donors (Lipinski definition) is 0. The van der Waals surface area contributed by atoms with Gasteiger partial charge in [0.15, 0.2) is 0 Å². The highest BCUT2D eigenvalue weighted by Crippen LogP contribution is 2.41. The smallest absolute Gasteiger partial charge is 0.232 e. The van der Waals surface area contributed by atoms with E-state index in [0.29, 0.717) is 23.7 Å². The standard InChI is InChI=1S/C22H19N3O3S2/c26-13-15-3-5-16(6-4-15)28-21-20-17(18-2-1-11-29-18)14-30-22(20)24-19(23-21)12-25-7-9-27-10-8-25/h1-6,11,13-14H,7-10,12H2. The number of thiophene rings is 2. The van der Waals surface area contributed by atoms with Crippen molar-refractivity contribution in [2.45, 2.75) is 6.54 Å². The van der Waals surface area contributed by atoms with Gasteiger partial charge in [-0.1, -0.05) is 6.07 Å². The fourth-order valence-electron chi connectivity index (χ4n) is 3.40. The number of carbonyl (C=O) groups is 1. The summed E-state index contributed by atoms with van der Waals surface area (Å²) in [5.74, 6) is 1.93. The molecule has 0 saturated carbocycles. The van der Waals surface area contributed by atoms with Crippen molar-refractivity contribution in [2.24, 2.45) is 0 Å². The molecule has 4 heterocycles. The fourth-order valence-corrected chi connectivity index (χ4v) is 5.17. The van der Waals surface area contributed by atoms with Crippen LogP contribution in [0.4, 0.5) is 0 Å². The van der Waals surface area contributed by atoms with Crippen molar-refractivity contribution in [1.82, 2.24) is 14.9 Å². The quantitative estimate of drug-likeness (QED) is 0.402. The second-order valence-corrected chi connectivity index (χ2v) is 8.74. The first kappa shape index (κ1) is 19.3. The van der Waals surface area contributed by atoms with Gasteiger partial charge in [0.05, 0.1) is 25.1 Å². The van der Waals surface area contributed by atoms with E-state index in [2.05, 4.69) is 21.7 Å². The van der Waals surface area contributed by atoms with Crippen molar-refractivity contribution in [2.75, 3.05) is 26.3 Å². The summed E-state index contributed by atoms with van der Waals surface area (Å²) in [6, 6.07) is 11.2. The van der Waals surface area contributed by atoms with Gasteiger partial charge < -0.3 is 9.47 Å². The first-order valence-electron chi connectivity index (χ1n) is 9.65. The van der Waals surface area contributed by atoms with Gasteiger partial charge in [0.1, 0.15) is 22.7 Å². The predicted molar refractivity (Wildman–Crippen MR) is 119 cm³/mol. The first-order chi connectivity index (χ1) is 14.8. The number of benzene rings is 1. The molecule has 0 aliphatic carbocycles. The van der Waals surface area contributed by atoms with Crippen LogP contribution in [0.1, 0.15) is 16.2 Å². The van der Waals surface area contributed by atoms with Gasteiger partial charge in [-0.15, -0.1) is 22.7 Å². The topological polar surface area (TPSA) is 64.5 Å². The van der Waals surface area contributed by atoms with Gasteiger partial charge in [-0.3, -0.25) is 9.69 Å². The minimum absolute atomic E-state index is 0.548. The third-order valence-electron chi connectivity index (χ3n) is 4.93. The predicted octanol–water partition coefficient (Wildman–Crippen LogP) is 4.86. The molecule has 0 amide bonds. The number of morpholine rings is 1. The lowest BCUT2D eigenvalue weighted by Crippen LogP contribution is -2.36. The van der Waals surface area contributed by atoms with Crippen LogP contribution in [0.3, 0.4) is 0 Å². The van der Waals surface area contributed by atoms with Crippen LogP contribution in [0.25, 0.3) is 20.7 Å². The Labute approximate surface area is 181 Å². The van der Waals surface area contributed by atoms with Gasteiger partial charge in [-0.05, 0) is 35.7 Å². The molecule has 0 bridgehead atoms. The summed E-state index contributed by atoms with van der Waals surface area (Å²) < 4.78 is 11.7. The van der Waals surface area contributed by atoms with Crippen LogP contribution in [0.5, 0.6) is 11.6 Å². The highest BCUT2D eigenvalue weighted by atomic mass is 32.1. The average molecular weight is 438 g/mol. The van der Waals surface area contributed by atoms with E-state index in [4.69, 9.17) is 19.4 Å². The zero-order valence-electron chi connectivity index (χ0n) is 16.1. The molecule has 1 aliphatic rings. The van der Waals surface area contributed by atoms with E-state index in [9.17, 15) is 4.79 Å². The van der Waals surface area contributed by atoms with E-state index in [1.54, 1.807) is 46.9 Å². The van der Waals surface area contributed by atoms with E-state index in [-0.39, 0.29) is 0 Å². The molecule has 0 N–H and O–H groups in total. The molecule has 1 aliphatic heterocycles. The van der Waals surface area contributed by atoms with Crippen molar-refractivity contribution in [1.29, 1.82) is 0 Å². The number of rotatable bonds is 6. The summed E-state index contributed by atoms with van der Waals surface area (Å²) in [5.41, 5.74) is 1.69. The van der Waals surface area contributed by atoms with Gasteiger partial charge in [-0.25, -0.2) is 4.98 Å². The minimum atomic E-state index is 0.548. The van der Waals surface area contributed by atoms with Gasteiger partial charge in [0.25, 0.3) is 0 Å². The Bertz CT molecular complexity index is 1150. The number of hydrogen-bond acceptors (Lipinski definition) is 8. The molecular formula is C22H19N3O3S2. The SMILES string of the molecule is O=Cc1ccc(Oc2nc(CN3CCOCC3)nc3scc(-c4cccs4)c23)cc1. The molecule has 152 valence electrons. The number of aromatic nitrogens is 2. The lowest BCUT2D eigenvalue weighted by Gasteiger charge is -2.25. The average Bonchev–Trinajstić information content (AvgIpc) is 3.45. The van der Waals surface area contributed by atoms with Gasteiger partial charge in [0, 0.05) is 34.5 Å². The minimum Gasteiger partial charge on any atom is -0.438 e.